The van der Waals surface area contributed by atoms with E-state index in [0.29, 0.717) is 36.8 Å². The van der Waals surface area contributed by atoms with Crippen LogP contribution in [0.1, 0.15) is 51.6 Å². The number of hydrogen-bond acceptors (Lipinski definition) is 4. The molecule has 1 aliphatic rings. The van der Waals surface area contributed by atoms with Gasteiger partial charge in [0.1, 0.15) is 0 Å². The van der Waals surface area contributed by atoms with Crippen molar-refractivity contribution in [2.45, 2.75) is 32.1 Å². The van der Waals surface area contributed by atoms with Gasteiger partial charge in [-0.15, -0.1) is 0 Å². The number of ether oxygens (including phenoxy) is 1. The van der Waals surface area contributed by atoms with E-state index in [1.54, 1.807) is 6.07 Å². The predicted molar refractivity (Wildman–Crippen MR) is 126 cm³/mol. The summed E-state index contributed by atoms with van der Waals surface area (Å²) < 4.78 is 84.0. The fourth-order valence-corrected chi connectivity index (χ4v) is 3.97. The van der Waals surface area contributed by atoms with Crippen molar-refractivity contribution in [2.75, 3.05) is 43.6 Å². The van der Waals surface area contributed by atoms with Crippen LogP contribution in [0.5, 0.6) is 0 Å². The summed E-state index contributed by atoms with van der Waals surface area (Å²) in [6, 6.07) is 5.07. The minimum absolute atomic E-state index is 0.0435. The number of rotatable bonds is 7. The average Bonchev–Trinajstić information content (AvgIpc) is 2.83. The molecule has 0 radical (unpaired) electrons. The first-order valence-electron chi connectivity index (χ1n) is 11.6. The molecule has 0 bridgehead atoms. The Kier molecular flexibility index (Phi) is 8.72. The second kappa shape index (κ2) is 11.4. The Hall–Kier alpha value is -3.28. The van der Waals surface area contributed by atoms with Crippen LogP contribution in [-0.2, 0) is 17.1 Å². The maximum Gasteiger partial charge on any atom is 0.416 e. The average molecular weight is 531 g/mol. The highest BCUT2D eigenvalue weighted by Gasteiger charge is 2.37. The van der Waals surface area contributed by atoms with Crippen molar-refractivity contribution in [3.63, 3.8) is 0 Å². The lowest BCUT2D eigenvalue weighted by Gasteiger charge is -2.33. The van der Waals surface area contributed by atoms with Crippen molar-refractivity contribution in [2.24, 2.45) is 5.92 Å². The number of amides is 2. The molecule has 1 saturated heterocycles. The smallest absolute Gasteiger partial charge is 0.383 e. The number of alkyl halides is 6. The van der Waals surface area contributed by atoms with Gasteiger partial charge in [0, 0.05) is 43.7 Å². The molecular weight excluding hydrogens is 504 g/mol. The summed E-state index contributed by atoms with van der Waals surface area (Å²) in [5.41, 5.74) is -3.15. The minimum atomic E-state index is -5.09. The Morgan fingerprint density at radius 1 is 0.946 bits per heavy atom. The van der Waals surface area contributed by atoms with Crippen molar-refractivity contribution < 1.29 is 40.7 Å². The SMILES string of the molecule is COCCNC(=O)c1cc(NC(=O)c2cc(C(F)(F)F)cc(C(F)(F)F)c2)ccc1N1CCC(C)CC1. The third-order valence-corrected chi connectivity index (χ3v) is 6.06. The quantitative estimate of drug-likeness (QED) is 0.361. The molecule has 12 heteroatoms. The highest BCUT2D eigenvalue weighted by molar-refractivity contribution is 6.06. The standard InChI is InChI=1S/C25H27F6N3O3/c1-15-5-8-34(9-6-15)21-4-3-19(14-20(21)23(36)32-7-10-37-2)33-22(35)16-11-17(24(26,27)28)13-18(12-16)25(29,30)31/h3-4,11-15H,5-10H2,1-2H3,(H,32,36)(H,33,35). The molecule has 0 aromatic heterocycles. The van der Waals surface area contributed by atoms with Gasteiger partial charge >= 0.3 is 12.4 Å². The summed E-state index contributed by atoms with van der Waals surface area (Å²) in [5, 5.41) is 5.01. The number of carbonyl (C=O) groups excluding carboxylic acids is 2. The summed E-state index contributed by atoms with van der Waals surface area (Å²) in [4.78, 5) is 27.7. The molecule has 202 valence electrons. The van der Waals surface area contributed by atoms with Gasteiger partial charge in [0.05, 0.1) is 23.3 Å². The van der Waals surface area contributed by atoms with Crippen molar-refractivity contribution in [3.05, 3.63) is 58.7 Å². The molecule has 0 atom stereocenters. The maximum absolute atomic E-state index is 13.2. The van der Waals surface area contributed by atoms with Gasteiger partial charge in [-0.2, -0.15) is 26.3 Å². The zero-order valence-corrected chi connectivity index (χ0v) is 20.2. The Bertz CT molecular complexity index is 1090. The number of methoxy groups -OCH3 is 1. The molecule has 6 nitrogen and oxygen atoms in total. The zero-order chi connectivity index (χ0) is 27.4. The summed E-state index contributed by atoms with van der Waals surface area (Å²) in [7, 11) is 1.47. The summed E-state index contributed by atoms with van der Waals surface area (Å²) >= 11 is 0. The van der Waals surface area contributed by atoms with E-state index in [-0.39, 0.29) is 30.5 Å². The van der Waals surface area contributed by atoms with Gasteiger partial charge in [0.25, 0.3) is 11.8 Å². The second-order valence-corrected chi connectivity index (χ2v) is 8.90. The fraction of sp³-hybridized carbons (Fsp3) is 0.440. The Labute approximate surface area is 210 Å². The first kappa shape index (κ1) is 28.3. The zero-order valence-electron chi connectivity index (χ0n) is 20.2. The lowest BCUT2D eigenvalue weighted by molar-refractivity contribution is -0.143. The molecule has 2 aromatic carbocycles. The molecule has 1 heterocycles. The predicted octanol–water partition coefficient (Wildman–Crippen LogP) is 5.59. The summed E-state index contributed by atoms with van der Waals surface area (Å²) in [6.45, 7) is 4.01. The van der Waals surface area contributed by atoms with Crippen LogP contribution in [0.4, 0.5) is 37.7 Å². The number of piperidine rings is 1. The molecule has 0 unspecified atom stereocenters. The normalized spacial score (nSPS) is 15.0. The van der Waals surface area contributed by atoms with Gasteiger partial charge in [0.15, 0.2) is 0 Å². The van der Waals surface area contributed by atoms with Crippen LogP contribution in [0.15, 0.2) is 36.4 Å². The van der Waals surface area contributed by atoms with Crippen LogP contribution in [0.2, 0.25) is 0 Å². The number of nitrogens with zero attached hydrogens (tertiary/aromatic N) is 1. The van der Waals surface area contributed by atoms with Gasteiger partial charge in [0.2, 0.25) is 0 Å². The highest BCUT2D eigenvalue weighted by Crippen LogP contribution is 2.36. The number of hydrogen-bond donors (Lipinski definition) is 2. The molecule has 2 N–H and O–H groups in total. The van der Waals surface area contributed by atoms with Gasteiger partial charge in [-0.1, -0.05) is 6.92 Å². The first-order valence-corrected chi connectivity index (χ1v) is 11.6. The summed E-state index contributed by atoms with van der Waals surface area (Å²) in [5.74, 6) is -1.11. The monoisotopic (exact) mass is 531 g/mol. The third-order valence-electron chi connectivity index (χ3n) is 6.06. The topological polar surface area (TPSA) is 70.7 Å². The van der Waals surface area contributed by atoms with E-state index in [9.17, 15) is 35.9 Å². The molecule has 2 aromatic rings. The van der Waals surface area contributed by atoms with Crippen molar-refractivity contribution >= 4 is 23.2 Å². The van der Waals surface area contributed by atoms with Gasteiger partial charge in [-0.3, -0.25) is 9.59 Å². The maximum atomic E-state index is 13.2. The molecule has 1 fully saturated rings. The molecule has 0 saturated carbocycles. The Morgan fingerprint density at radius 2 is 1.54 bits per heavy atom. The molecule has 2 amide bonds. The number of nitrogens with one attached hydrogen (secondary N) is 2. The van der Waals surface area contributed by atoms with Crippen LogP contribution >= 0.6 is 0 Å². The van der Waals surface area contributed by atoms with Crippen LogP contribution in [0, 0.1) is 5.92 Å². The van der Waals surface area contributed by atoms with Crippen molar-refractivity contribution in [3.8, 4) is 0 Å². The van der Waals surface area contributed by atoms with Crippen LogP contribution in [0.3, 0.4) is 0 Å². The Morgan fingerprint density at radius 3 is 2.08 bits per heavy atom. The lowest BCUT2D eigenvalue weighted by atomic mass is 9.97. The first-order chi connectivity index (χ1) is 17.3. The van der Waals surface area contributed by atoms with E-state index in [1.165, 1.54) is 19.2 Å². The molecule has 0 spiro atoms. The third kappa shape index (κ3) is 7.37. The second-order valence-electron chi connectivity index (χ2n) is 8.90. The van der Waals surface area contributed by atoms with E-state index in [1.807, 2.05) is 4.90 Å². The lowest BCUT2D eigenvalue weighted by Crippen LogP contribution is -2.35. The molecule has 0 aliphatic carbocycles. The van der Waals surface area contributed by atoms with E-state index in [0.717, 1.165) is 12.8 Å². The molecule has 3 rings (SSSR count). The molecular formula is C25H27F6N3O3. The number of benzene rings is 2. The number of halogens is 6. The summed E-state index contributed by atoms with van der Waals surface area (Å²) in [6.07, 6.45) is -8.34. The van der Waals surface area contributed by atoms with Crippen LogP contribution < -0.4 is 15.5 Å². The van der Waals surface area contributed by atoms with E-state index < -0.39 is 40.9 Å². The highest BCUT2D eigenvalue weighted by atomic mass is 19.4. The van der Waals surface area contributed by atoms with E-state index in [4.69, 9.17) is 4.74 Å². The Balaban J connectivity index is 1.93. The van der Waals surface area contributed by atoms with Crippen molar-refractivity contribution in [1.82, 2.24) is 5.32 Å². The van der Waals surface area contributed by atoms with E-state index in [2.05, 4.69) is 17.6 Å². The van der Waals surface area contributed by atoms with Crippen molar-refractivity contribution in [1.29, 1.82) is 0 Å². The molecule has 1 aliphatic heterocycles. The number of carbonyl (C=O) groups is 2. The van der Waals surface area contributed by atoms with Crippen LogP contribution in [-0.4, -0.2) is 45.2 Å². The minimum Gasteiger partial charge on any atom is -0.383 e. The largest absolute Gasteiger partial charge is 0.416 e. The fourth-order valence-electron chi connectivity index (χ4n) is 3.97. The van der Waals surface area contributed by atoms with Gasteiger partial charge in [-0.25, -0.2) is 0 Å². The van der Waals surface area contributed by atoms with Gasteiger partial charge < -0.3 is 20.3 Å². The molecule has 37 heavy (non-hydrogen) atoms. The van der Waals surface area contributed by atoms with Gasteiger partial charge in [-0.05, 0) is 55.2 Å². The van der Waals surface area contributed by atoms with Crippen LogP contribution in [0.25, 0.3) is 0 Å². The van der Waals surface area contributed by atoms with E-state index >= 15 is 0 Å². The number of anilines is 2.